The third-order valence-electron chi connectivity index (χ3n) is 8.37. The molecular formula is C32H41N5O3. The van der Waals surface area contributed by atoms with Gasteiger partial charge >= 0.3 is 6.09 Å². The van der Waals surface area contributed by atoms with E-state index >= 15 is 0 Å². The minimum atomic E-state index is -0.527. The van der Waals surface area contributed by atoms with Crippen LogP contribution in [-0.2, 0) is 9.53 Å². The standard InChI is InChI=1S/C32H41N5O3/c1-20-19-35(15-16-36(20)31(39)40-32(4,5)6)26-13-14-28-27(17-26)29(34-25-11-7-23(18-33)8-12-25)21(2)30(24-9-10-24)37(28)22(3)38/h7-8,11-14,17,20-21,24,29-30,34H,9-10,15-16,19H2,1-6H3/t20-,21?,29?,30-/m1/s1. The van der Waals surface area contributed by atoms with Crippen LogP contribution >= 0.6 is 0 Å². The number of fused-ring (bicyclic) bond motifs is 1. The minimum absolute atomic E-state index is 0.000841. The number of carbonyl (C=O) groups is 2. The number of amides is 2. The highest BCUT2D eigenvalue weighted by atomic mass is 16.6. The Kier molecular flexibility index (Phi) is 7.43. The minimum Gasteiger partial charge on any atom is -0.444 e. The number of nitriles is 1. The molecule has 5 rings (SSSR count). The van der Waals surface area contributed by atoms with Crippen molar-refractivity contribution in [1.82, 2.24) is 4.90 Å². The maximum atomic E-state index is 13.0. The molecule has 2 aromatic rings. The van der Waals surface area contributed by atoms with E-state index in [9.17, 15) is 14.9 Å². The first-order chi connectivity index (χ1) is 19.0. The van der Waals surface area contributed by atoms with Gasteiger partial charge in [-0.25, -0.2) is 4.79 Å². The summed E-state index contributed by atoms with van der Waals surface area (Å²) < 4.78 is 5.63. The Hall–Kier alpha value is -3.73. The van der Waals surface area contributed by atoms with Crippen LogP contribution in [0.4, 0.5) is 21.9 Å². The zero-order chi connectivity index (χ0) is 28.8. The molecule has 212 valence electrons. The van der Waals surface area contributed by atoms with Gasteiger partial charge in [-0.3, -0.25) is 4.79 Å². The second-order valence-electron chi connectivity index (χ2n) is 12.6. The second-order valence-corrected chi connectivity index (χ2v) is 12.6. The van der Waals surface area contributed by atoms with Crippen LogP contribution in [0.5, 0.6) is 0 Å². The van der Waals surface area contributed by atoms with Gasteiger partial charge in [-0.1, -0.05) is 6.92 Å². The van der Waals surface area contributed by atoms with Crippen LogP contribution < -0.4 is 15.1 Å². The third-order valence-corrected chi connectivity index (χ3v) is 8.37. The summed E-state index contributed by atoms with van der Waals surface area (Å²) >= 11 is 0. The molecule has 1 N–H and O–H groups in total. The molecular weight excluding hydrogens is 502 g/mol. The number of ether oxygens (including phenoxy) is 1. The van der Waals surface area contributed by atoms with Crippen molar-refractivity contribution in [1.29, 1.82) is 5.26 Å². The van der Waals surface area contributed by atoms with Gasteiger partial charge in [0.25, 0.3) is 0 Å². The van der Waals surface area contributed by atoms with E-state index in [4.69, 9.17) is 4.74 Å². The molecule has 2 amide bonds. The summed E-state index contributed by atoms with van der Waals surface area (Å²) in [5, 5.41) is 13.0. The summed E-state index contributed by atoms with van der Waals surface area (Å²) in [4.78, 5) is 32.0. The van der Waals surface area contributed by atoms with Gasteiger partial charge < -0.3 is 24.8 Å². The number of nitrogens with one attached hydrogen (secondary N) is 1. The Morgan fingerprint density at radius 1 is 1.05 bits per heavy atom. The Bertz CT molecular complexity index is 1310. The van der Waals surface area contributed by atoms with E-state index in [0.29, 0.717) is 31.1 Å². The van der Waals surface area contributed by atoms with E-state index in [1.807, 2.05) is 54.8 Å². The molecule has 0 aromatic heterocycles. The maximum absolute atomic E-state index is 13.0. The van der Waals surface area contributed by atoms with Crippen LogP contribution in [-0.4, -0.2) is 54.2 Å². The number of anilines is 3. The summed E-state index contributed by atoms with van der Waals surface area (Å²) in [7, 11) is 0. The Morgan fingerprint density at radius 2 is 1.75 bits per heavy atom. The number of benzene rings is 2. The van der Waals surface area contributed by atoms with Gasteiger partial charge in [-0.05, 0) is 88.9 Å². The molecule has 2 unspecified atom stereocenters. The zero-order valence-corrected chi connectivity index (χ0v) is 24.5. The van der Waals surface area contributed by atoms with Gasteiger partial charge in [0.15, 0.2) is 0 Å². The number of carbonyl (C=O) groups excluding carboxylic acids is 2. The van der Waals surface area contributed by atoms with Crippen LogP contribution in [0.3, 0.4) is 0 Å². The number of nitrogens with zero attached hydrogens (tertiary/aromatic N) is 4. The van der Waals surface area contributed by atoms with Crippen molar-refractivity contribution >= 4 is 29.1 Å². The molecule has 1 saturated carbocycles. The summed E-state index contributed by atoms with van der Waals surface area (Å²) in [6.45, 7) is 13.6. The van der Waals surface area contributed by atoms with Crippen LogP contribution in [0.15, 0.2) is 42.5 Å². The smallest absolute Gasteiger partial charge is 0.410 e. The van der Waals surface area contributed by atoms with Gasteiger partial charge in [0.2, 0.25) is 5.91 Å². The fraction of sp³-hybridized carbons (Fsp3) is 0.531. The fourth-order valence-electron chi connectivity index (χ4n) is 6.35. The number of hydrogen-bond acceptors (Lipinski definition) is 6. The molecule has 0 bridgehead atoms. The van der Waals surface area contributed by atoms with Gasteiger partial charge in [-0.15, -0.1) is 0 Å². The molecule has 2 heterocycles. The van der Waals surface area contributed by atoms with E-state index in [1.54, 1.807) is 6.92 Å². The van der Waals surface area contributed by atoms with E-state index in [0.717, 1.165) is 35.5 Å². The van der Waals surface area contributed by atoms with E-state index in [2.05, 4.69) is 48.3 Å². The van der Waals surface area contributed by atoms with Crippen molar-refractivity contribution in [2.24, 2.45) is 11.8 Å². The van der Waals surface area contributed by atoms with Crippen molar-refractivity contribution < 1.29 is 14.3 Å². The van der Waals surface area contributed by atoms with Gasteiger partial charge in [0.05, 0.1) is 17.7 Å². The predicted octanol–water partition coefficient (Wildman–Crippen LogP) is 5.94. The van der Waals surface area contributed by atoms with Crippen molar-refractivity contribution in [2.45, 2.75) is 78.1 Å². The van der Waals surface area contributed by atoms with E-state index in [1.165, 1.54) is 0 Å². The Labute approximate surface area is 237 Å². The van der Waals surface area contributed by atoms with Crippen LogP contribution in [0, 0.1) is 23.2 Å². The quantitative estimate of drug-likeness (QED) is 0.514. The first kappa shape index (κ1) is 27.8. The molecule has 2 fully saturated rings. The molecule has 2 aliphatic heterocycles. The van der Waals surface area contributed by atoms with Crippen molar-refractivity contribution in [3.63, 3.8) is 0 Å². The summed E-state index contributed by atoms with van der Waals surface area (Å²) in [5.41, 5.74) is 4.21. The topological polar surface area (TPSA) is 88.9 Å². The molecule has 1 aliphatic carbocycles. The van der Waals surface area contributed by atoms with Crippen LogP contribution in [0.2, 0.25) is 0 Å². The molecule has 2 aromatic carbocycles. The summed E-state index contributed by atoms with van der Waals surface area (Å²) in [6, 6.07) is 16.3. The normalized spacial score (nSPS) is 24.7. The lowest BCUT2D eigenvalue weighted by atomic mass is 9.79. The molecule has 1 saturated heterocycles. The number of rotatable bonds is 4. The maximum Gasteiger partial charge on any atom is 0.410 e. The van der Waals surface area contributed by atoms with Crippen molar-refractivity contribution in [2.75, 3.05) is 34.8 Å². The highest BCUT2D eigenvalue weighted by Gasteiger charge is 2.47. The van der Waals surface area contributed by atoms with E-state index < -0.39 is 5.60 Å². The molecule has 3 aliphatic rings. The highest BCUT2D eigenvalue weighted by Crippen LogP contribution is 2.50. The zero-order valence-electron chi connectivity index (χ0n) is 24.5. The lowest BCUT2D eigenvalue weighted by Crippen LogP contribution is -2.55. The van der Waals surface area contributed by atoms with Gasteiger partial charge in [-0.2, -0.15) is 5.26 Å². The average molecular weight is 544 g/mol. The summed E-state index contributed by atoms with van der Waals surface area (Å²) in [6.07, 6.45) is 2.03. The van der Waals surface area contributed by atoms with Crippen LogP contribution in [0.25, 0.3) is 0 Å². The van der Waals surface area contributed by atoms with Crippen LogP contribution in [0.1, 0.15) is 71.6 Å². The fourth-order valence-corrected chi connectivity index (χ4v) is 6.35. The first-order valence-electron chi connectivity index (χ1n) is 14.4. The molecule has 8 nitrogen and oxygen atoms in total. The first-order valence-corrected chi connectivity index (χ1v) is 14.4. The largest absolute Gasteiger partial charge is 0.444 e. The van der Waals surface area contributed by atoms with Gasteiger partial charge in [0.1, 0.15) is 5.60 Å². The lowest BCUT2D eigenvalue weighted by molar-refractivity contribution is -0.117. The molecule has 40 heavy (non-hydrogen) atoms. The van der Waals surface area contributed by atoms with Crippen molar-refractivity contribution in [3.8, 4) is 6.07 Å². The highest BCUT2D eigenvalue weighted by molar-refractivity contribution is 5.94. The van der Waals surface area contributed by atoms with Crippen molar-refractivity contribution in [3.05, 3.63) is 53.6 Å². The van der Waals surface area contributed by atoms with Gasteiger partial charge in [0, 0.05) is 67.2 Å². The Balaban J connectivity index is 1.45. The molecule has 0 spiro atoms. The van der Waals surface area contributed by atoms with E-state index in [-0.39, 0.29) is 36.0 Å². The SMILES string of the molecule is CC(=O)N1c2ccc(N3CCN(C(=O)OC(C)(C)C)[C@H](C)C3)cc2C(Nc2ccc(C#N)cc2)C(C)[C@@H]1C1CC1. The number of hydrogen-bond donors (Lipinski definition) is 1. The Morgan fingerprint density at radius 3 is 2.33 bits per heavy atom. The second kappa shape index (κ2) is 10.7. The molecule has 8 heteroatoms. The third kappa shape index (κ3) is 5.60. The monoisotopic (exact) mass is 543 g/mol. The molecule has 0 radical (unpaired) electrons. The molecule has 4 atom stereocenters. The number of piperazine rings is 1. The summed E-state index contributed by atoms with van der Waals surface area (Å²) in [5.74, 6) is 0.783. The average Bonchev–Trinajstić information content (AvgIpc) is 3.74. The predicted molar refractivity (Wildman–Crippen MR) is 157 cm³/mol. The lowest BCUT2D eigenvalue weighted by Gasteiger charge is -2.47.